The monoisotopic (exact) mass is 207 g/mol. The molecule has 1 aromatic rings. The second-order valence-corrected chi connectivity index (χ2v) is 3.87. The lowest BCUT2D eigenvalue weighted by Crippen LogP contribution is -2.38. The van der Waals surface area contributed by atoms with Crippen LogP contribution in [0.3, 0.4) is 0 Å². The first-order chi connectivity index (χ1) is 7.02. The lowest BCUT2D eigenvalue weighted by molar-refractivity contribution is -0.127. The molecule has 0 spiro atoms. The van der Waals surface area contributed by atoms with Crippen LogP contribution in [0.15, 0.2) is 18.2 Å². The van der Waals surface area contributed by atoms with Crippen molar-refractivity contribution < 1.29 is 19.4 Å². The molecule has 2 rings (SSSR count). The van der Waals surface area contributed by atoms with E-state index in [9.17, 15) is 9.90 Å². The minimum Gasteiger partial charge on any atom is -0.452 e. The number of hydrogen-bond acceptors (Lipinski definition) is 3. The highest BCUT2D eigenvalue weighted by Crippen LogP contribution is 2.31. The topological polar surface area (TPSA) is 55.4 Å². The molecule has 0 unspecified atom stereocenters. The van der Waals surface area contributed by atoms with E-state index in [0.29, 0.717) is 16.9 Å². The van der Waals surface area contributed by atoms with Gasteiger partial charge >= 0.3 is 5.97 Å². The fourth-order valence-electron chi connectivity index (χ4n) is 1.47. The van der Waals surface area contributed by atoms with Crippen molar-refractivity contribution in [3.05, 3.63) is 29.3 Å². The van der Waals surface area contributed by atoms with Gasteiger partial charge in [-0.25, -0.2) is 9.90 Å². The quantitative estimate of drug-likeness (QED) is 0.661. The minimum absolute atomic E-state index is 0.327. The van der Waals surface area contributed by atoms with Crippen LogP contribution in [0.5, 0.6) is 5.75 Å². The molecule has 79 valence electrons. The molecular formula is C11H11O4. The molecular weight excluding hydrogens is 196 g/mol. The van der Waals surface area contributed by atoms with Crippen LogP contribution < -0.4 is 4.74 Å². The molecule has 15 heavy (non-hydrogen) atoms. The van der Waals surface area contributed by atoms with Crippen LogP contribution in [0.25, 0.3) is 0 Å². The maximum atomic E-state index is 11.5. The third-order valence-electron chi connectivity index (χ3n) is 2.13. The SMILES string of the molecule is CC1(C)OC(=O)c2ccc(C[O])cc2O1. The number of carbonyl (C=O) groups excluding carboxylic acids is 1. The normalized spacial score (nSPS) is 17.7. The van der Waals surface area contributed by atoms with Crippen molar-refractivity contribution in [2.75, 3.05) is 0 Å². The molecule has 0 aliphatic carbocycles. The van der Waals surface area contributed by atoms with E-state index in [1.54, 1.807) is 32.0 Å². The van der Waals surface area contributed by atoms with Gasteiger partial charge in [-0.3, -0.25) is 0 Å². The fraction of sp³-hybridized carbons (Fsp3) is 0.364. The summed E-state index contributed by atoms with van der Waals surface area (Å²) in [5.74, 6) is -0.964. The summed E-state index contributed by atoms with van der Waals surface area (Å²) < 4.78 is 10.5. The zero-order valence-electron chi connectivity index (χ0n) is 8.57. The van der Waals surface area contributed by atoms with Gasteiger partial charge in [0.15, 0.2) is 0 Å². The van der Waals surface area contributed by atoms with Gasteiger partial charge in [-0.2, -0.15) is 0 Å². The molecule has 0 atom stereocenters. The Balaban J connectivity index is 2.46. The van der Waals surface area contributed by atoms with E-state index in [0.717, 1.165) is 0 Å². The van der Waals surface area contributed by atoms with E-state index in [2.05, 4.69) is 0 Å². The van der Waals surface area contributed by atoms with Crippen LogP contribution >= 0.6 is 0 Å². The zero-order valence-corrected chi connectivity index (χ0v) is 8.57. The van der Waals surface area contributed by atoms with Crippen LogP contribution in [0.4, 0.5) is 0 Å². The van der Waals surface area contributed by atoms with Crippen molar-refractivity contribution in [3.63, 3.8) is 0 Å². The Morgan fingerprint density at radius 1 is 1.27 bits per heavy atom. The van der Waals surface area contributed by atoms with Gasteiger partial charge in [0, 0.05) is 13.8 Å². The van der Waals surface area contributed by atoms with E-state index < -0.39 is 11.8 Å². The summed E-state index contributed by atoms with van der Waals surface area (Å²) in [5.41, 5.74) is 0.964. The molecule has 1 aliphatic heterocycles. The van der Waals surface area contributed by atoms with Crippen molar-refractivity contribution in [2.24, 2.45) is 0 Å². The summed E-state index contributed by atoms with van der Waals surface area (Å²) in [6, 6.07) is 4.75. The molecule has 1 heterocycles. The second-order valence-electron chi connectivity index (χ2n) is 3.87. The first-order valence-corrected chi connectivity index (χ1v) is 4.65. The minimum atomic E-state index is -0.967. The van der Waals surface area contributed by atoms with Crippen molar-refractivity contribution in [2.45, 2.75) is 26.2 Å². The van der Waals surface area contributed by atoms with E-state index in [1.165, 1.54) is 0 Å². The molecule has 1 radical (unpaired) electrons. The molecule has 4 nitrogen and oxygen atoms in total. The molecule has 0 saturated carbocycles. The van der Waals surface area contributed by atoms with Crippen LogP contribution in [0, 0.1) is 0 Å². The smallest absolute Gasteiger partial charge is 0.345 e. The summed E-state index contributed by atoms with van der Waals surface area (Å²) in [4.78, 5) is 11.5. The van der Waals surface area contributed by atoms with Crippen molar-refractivity contribution in [1.29, 1.82) is 0 Å². The molecule has 0 bridgehead atoms. The van der Waals surface area contributed by atoms with E-state index >= 15 is 0 Å². The number of esters is 1. The number of fused-ring (bicyclic) bond motifs is 1. The molecule has 0 N–H and O–H groups in total. The summed E-state index contributed by atoms with van der Waals surface area (Å²) in [7, 11) is 0. The summed E-state index contributed by atoms with van der Waals surface area (Å²) in [6.45, 7) is 2.97. The summed E-state index contributed by atoms with van der Waals surface area (Å²) >= 11 is 0. The maximum absolute atomic E-state index is 11.5. The Kier molecular flexibility index (Phi) is 2.16. The number of hydrogen-bond donors (Lipinski definition) is 0. The van der Waals surface area contributed by atoms with E-state index in [4.69, 9.17) is 9.47 Å². The molecule has 0 aromatic heterocycles. The van der Waals surface area contributed by atoms with E-state index in [1.807, 2.05) is 0 Å². The first-order valence-electron chi connectivity index (χ1n) is 4.65. The van der Waals surface area contributed by atoms with Gasteiger partial charge in [-0.05, 0) is 17.7 Å². The number of ether oxygens (including phenoxy) is 2. The summed E-state index contributed by atoms with van der Waals surface area (Å²) in [6.07, 6.45) is 0. The average Bonchev–Trinajstić information content (AvgIpc) is 2.14. The number of carbonyl (C=O) groups is 1. The third kappa shape index (κ3) is 1.80. The first kappa shape index (κ1) is 9.98. The van der Waals surface area contributed by atoms with Crippen molar-refractivity contribution in [3.8, 4) is 5.75 Å². The number of rotatable bonds is 1. The predicted octanol–water partition coefficient (Wildman–Crippen LogP) is 1.90. The Morgan fingerprint density at radius 2 is 2.00 bits per heavy atom. The Labute approximate surface area is 87.4 Å². The lowest BCUT2D eigenvalue weighted by atomic mass is 10.1. The molecule has 0 amide bonds. The highest BCUT2D eigenvalue weighted by Gasteiger charge is 2.33. The Hall–Kier alpha value is -1.55. The van der Waals surface area contributed by atoms with Gasteiger partial charge in [0.25, 0.3) is 0 Å². The van der Waals surface area contributed by atoms with E-state index in [-0.39, 0.29) is 6.61 Å². The predicted molar refractivity (Wildman–Crippen MR) is 51.0 cm³/mol. The molecule has 1 aliphatic rings. The summed E-state index contributed by atoms with van der Waals surface area (Å²) in [5, 5.41) is 10.7. The van der Waals surface area contributed by atoms with Crippen LogP contribution in [-0.4, -0.2) is 11.8 Å². The highest BCUT2D eigenvalue weighted by atomic mass is 16.7. The molecule has 4 heteroatoms. The van der Waals surface area contributed by atoms with Gasteiger partial charge < -0.3 is 9.47 Å². The Morgan fingerprint density at radius 3 is 2.67 bits per heavy atom. The molecule has 1 aromatic carbocycles. The van der Waals surface area contributed by atoms with Crippen molar-refractivity contribution >= 4 is 5.97 Å². The standard InChI is InChI=1S/C11H11O4/c1-11(2)14-9-5-7(6-12)3-4-8(9)10(13)15-11/h3-5H,6H2,1-2H3. The van der Waals surface area contributed by atoms with Gasteiger partial charge in [0.1, 0.15) is 17.9 Å². The number of benzene rings is 1. The Bertz CT molecular complexity index is 409. The van der Waals surface area contributed by atoms with Gasteiger partial charge in [-0.1, -0.05) is 6.07 Å². The third-order valence-corrected chi connectivity index (χ3v) is 2.13. The highest BCUT2D eigenvalue weighted by molar-refractivity contribution is 5.93. The van der Waals surface area contributed by atoms with Crippen LogP contribution in [0.1, 0.15) is 29.8 Å². The second kappa shape index (κ2) is 3.24. The molecule has 0 saturated heterocycles. The fourth-order valence-corrected chi connectivity index (χ4v) is 1.47. The average molecular weight is 207 g/mol. The van der Waals surface area contributed by atoms with Gasteiger partial charge in [0.2, 0.25) is 5.79 Å². The number of cyclic esters (lactones) is 1. The zero-order chi connectivity index (χ0) is 11.1. The van der Waals surface area contributed by atoms with Crippen LogP contribution in [0.2, 0.25) is 0 Å². The lowest BCUT2D eigenvalue weighted by Gasteiger charge is -2.31. The van der Waals surface area contributed by atoms with Crippen LogP contribution in [-0.2, 0) is 16.5 Å². The van der Waals surface area contributed by atoms with Crippen molar-refractivity contribution in [1.82, 2.24) is 0 Å². The van der Waals surface area contributed by atoms with Gasteiger partial charge in [-0.15, -0.1) is 0 Å². The van der Waals surface area contributed by atoms with Gasteiger partial charge in [0.05, 0.1) is 0 Å². The largest absolute Gasteiger partial charge is 0.452 e. The maximum Gasteiger partial charge on any atom is 0.345 e. The molecule has 0 fully saturated rings.